The third-order valence-corrected chi connectivity index (χ3v) is 4.50. The fourth-order valence-corrected chi connectivity index (χ4v) is 3.52. The number of rotatable bonds is 6. The van der Waals surface area contributed by atoms with Gasteiger partial charge in [-0.05, 0) is 31.6 Å². The normalized spacial score (nSPS) is 31.6. The molecule has 0 bridgehead atoms. The number of hydrogen-bond donors (Lipinski definition) is 0. The number of benzene rings is 1. The third kappa shape index (κ3) is 4.60. The Balaban J connectivity index is 1.81. The van der Waals surface area contributed by atoms with Gasteiger partial charge in [0, 0.05) is 6.92 Å². The van der Waals surface area contributed by atoms with Crippen molar-refractivity contribution in [1.29, 1.82) is 0 Å². The molecule has 2 aliphatic heterocycles. The molecule has 4 atom stereocenters. The molecule has 8 heteroatoms. The van der Waals surface area contributed by atoms with Gasteiger partial charge in [-0.3, -0.25) is 4.79 Å². The molecule has 2 heterocycles. The van der Waals surface area contributed by atoms with Crippen LogP contribution in [-0.2, 0) is 35.1 Å². The minimum absolute atomic E-state index is 0.0243. The number of nitrogens with zero attached hydrogens (tertiary/aromatic N) is 1. The lowest BCUT2D eigenvalue weighted by Gasteiger charge is -2.43. The van der Waals surface area contributed by atoms with Gasteiger partial charge in [0.2, 0.25) is 5.72 Å². The largest absolute Gasteiger partial charge is 0.454 e. The first-order chi connectivity index (χ1) is 12.9. The Hall–Kier alpha value is -1.67. The van der Waals surface area contributed by atoms with E-state index >= 15 is 0 Å². The van der Waals surface area contributed by atoms with E-state index in [0.29, 0.717) is 6.61 Å². The molecule has 0 aromatic heterocycles. The molecule has 7 nitrogen and oxygen atoms in total. The summed E-state index contributed by atoms with van der Waals surface area (Å²) in [5, 5.41) is 2.35. The Morgan fingerprint density at radius 3 is 2.74 bits per heavy atom. The van der Waals surface area contributed by atoms with Gasteiger partial charge in [-0.1, -0.05) is 30.3 Å². The Morgan fingerprint density at radius 1 is 1.33 bits per heavy atom. The van der Waals surface area contributed by atoms with E-state index in [-0.39, 0.29) is 19.3 Å². The fourth-order valence-electron chi connectivity index (χ4n) is 3.37. The molecule has 0 unspecified atom stereocenters. The van der Waals surface area contributed by atoms with Crippen LogP contribution in [0.5, 0.6) is 0 Å². The van der Waals surface area contributed by atoms with Gasteiger partial charge in [-0.25, -0.2) is 0 Å². The van der Waals surface area contributed by atoms with Crippen LogP contribution in [0.25, 0.3) is 0 Å². The van der Waals surface area contributed by atoms with Crippen molar-refractivity contribution in [3.05, 3.63) is 35.9 Å². The standard InChI is InChI=1S/C19H23NO6S/c1-13(21)24-17-16-15(25-18(2,3)26-16)10-23-19(17,20-12-27)11-22-9-14-7-5-4-6-8-14/h4-8,15-17H,9-11H2,1-3H3/t15-,16-,17+,19-/m1/s1. The molecule has 1 aromatic carbocycles. The van der Waals surface area contributed by atoms with Crippen LogP contribution < -0.4 is 0 Å². The second kappa shape index (κ2) is 8.14. The number of fused-ring (bicyclic) bond motifs is 1. The van der Waals surface area contributed by atoms with E-state index < -0.39 is 29.7 Å². The lowest BCUT2D eigenvalue weighted by Crippen LogP contribution is -2.62. The van der Waals surface area contributed by atoms with Crippen LogP contribution in [0.1, 0.15) is 26.3 Å². The van der Waals surface area contributed by atoms with Crippen molar-refractivity contribution in [2.75, 3.05) is 13.2 Å². The van der Waals surface area contributed by atoms with Gasteiger partial charge in [-0.15, -0.1) is 0 Å². The maximum absolute atomic E-state index is 11.7. The lowest BCUT2D eigenvalue weighted by atomic mass is 9.95. The highest BCUT2D eigenvalue weighted by molar-refractivity contribution is 7.78. The summed E-state index contributed by atoms with van der Waals surface area (Å²) >= 11 is 4.82. The lowest BCUT2D eigenvalue weighted by molar-refractivity contribution is -0.237. The first-order valence-corrected chi connectivity index (χ1v) is 9.13. The van der Waals surface area contributed by atoms with Crippen molar-refractivity contribution in [2.45, 2.75) is 57.2 Å². The maximum Gasteiger partial charge on any atom is 0.303 e. The van der Waals surface area contributed by atoms with E-state index in [2.05, 4.69) is 10.2 Å². The minimum Gasteiger partial charge on any atom is -0.454 e. The van der Waals surface area contributed by atoms with Crippen molar-refractivity contribution in [1.82, 2.24) is 0 Å². The summed E-state index contributed by atoms with van der Waals surface area (Å²) in [6, 6.07) is 9.69. The molecule has 2 fully saturated rings. The topological polar surface area (TPSA) is 75.6 Å². The van der Waals surface area contributed by atoms with Crippen molar-refractivity contribution < 1.29 is 28.5 Å². The second-order valence-electron chi connectivity index (χ2n) is 7.01. The summed E-state index contributed by atoms with van der Waals surface area (Å²) in [7, 11) is 0. The summed E-state index contributed by atoms with van der Waals surface area (Å²) in [6.07, 6.45) is -1.81. The van der Waals surface area contributed by atoms with Gasteiger partial charge < -0.3 is 23.7 Å². The van der Waals surface area contributed by atoms with Crippen LogP contribution in [0.2, 0.25) is 0 Å². The maximum atomic E-state index is 11.7. The smallest absolute Gasteiger partial charge is 0.303 e. The van der Waals surface area contributed by atoms with Crippen molar-refractivity contribution in [3.8, 4) is 0 Å². The number of thiocarbonyl (C=S) groups is 1. The number of aliphatic imine (C=N–C) groups is 1. The van der Waals surface area contributed by atoms with Gasteiger partial charge in [-0.2, -0.15) is 4.99 Å². The van der Waals surface area contributed by atoms with Gasteiger partial charge >= 0.3 is 5.97 Å². The molecule has 1 aromatic rings. The van der Waals surface area contributed by atoms with E-state index in [9.17, 15) is 4.79 Å². The molecule has 27 heavy (non-hydrogen) atoms. The van der Waals surface area contributed by atoms with E-state index in [1.807, 2.05) is 30.3 Å². The van der Waals surface area contributed by atoms with E-state index in [1.54, 1.807) is 13.8 Å². The van der Waals surface area contributed by atoms with Crippen LogP contribution in [0.3, 0.4) is 0 Å². The first-order valence-electron chi connectivity index (χ1n) is 8.73. The monoisotopic (exact) mass is 393 g/mol. The Morgan fingerprint density at radius 2 is 2.07 bits per heavy atom. The zero-order valence-electron chi connectivity index (χ0n) is 15.5. The molecule has 3 rings (SSSR count). The number of ether oxygens (including phenoxy) is 5. The first kappa shape index (κ1) is 20.1. The minimum atomic E-state index is -1.34. The highest BCUT2D eigenvalue weighted by Gasteiger charge is 2.59. The summed E-state index contributed by atoms with van der Waals surface area (Å²) in [4.78, 5) is 15.9. The molecule has 146 valence electrons. The van der Waals surface area contributed by atoms with Crippen LogP contribution in [0, 0.1) is 0 Å². The summed E-state index contributed by atoms with van der Waals surface area (Å²) < 4.78 is 29.2. The molecule has 2 saturated heterocycles. The fraction of sp³-hybridized carbons (Fsp3) is 0.579. The molecule has 0 saturated carbocycles. The molecule has 2 aliphatic rings. The summed E-state index contributed by atoms with van der Waals surface area (Å²) in [6.45, 7) is 5.50. The highest BCUT2D eigenvalue weighted by Crippen LogP contribution is 2.40. The predicted octanol–water partition coefficient (Wildman–Crippen LogP) is 2.48. The van der Waals surface area contributed by atoms with Crippen molar-refractivity contribution in [2.24, 2.45) is 4.99 Å². The second-order valence-corrected chi connectivity index (χ2v) is 7.19. The van der Waals surface area contributed by atoms with Gasteiger partial charge in [0.1, 0.15) is 18.8 Å². The Labute approximate surface area is 163 Å². The Kier molecular flexibility index (Phi) is 6.05. The van der Waals surface area contributed by atoms with Crippen LogP contribution >= 0.6 is 12.2 Å². The Bertz CT molecular complexity index is 720. The van der Waals surface area contributed by atoms with Gasteiger partial charge in [0.25, 0.3) is 0 Å². The summed E-state index contributed by atoms with van der Waals surface area (Å²) in [5.74, 6) is -1.30. The number of carbonyl (C=O) groups excluding carboxylic acids is 1. The van der Waals surface area contributed by atoms with E-state index in [1.165, 1.54) is 6.92 Å². The molecular formula is C19H23NO6S. The molecule has 0 amide bonds. The quantitative estimate of drug-likeness (QED) is 0.417. The molecule has 0 aliphatic carbocycles. The van der Waals surface area contributed by atoms with Crippen LogP contribution in [0.4, 0.5) is 0 Å². The average molecular weight is 393 g/mol. The number of hydrogen-bond acceptors (Lipinski definition) is 8. The molecule has 0 radical (unpaired) electrons. The molecule has 0 spiro atoms. The predicted molar refractivity (Wildman–Crippen MR) is 99.2 cm³/mol. The third-order valence-electron chi connectivity index (χ3n) is 4.41. The molecule has 0 N–H and O–H groups in total. The average Bonchev–Trinajstić information content (AvgIpc) is 2.93. The van der Waals surface area contributed by atoms with E-state index in [0.717, 1.165) is 5.56 Å². The number of carbonyl (C=O) groups is 1. The van der Waals surface area contributed by atoms with Crippen molar-refractivity contribution >= 4 is 23.3 Å². The van der Waals surface area contributed by atoms with Gasteiger partial charge in [0.15, 0.2) is 11.9 Å². The van der Waals surface area contributed by atoms with Gasteiger partial charge in [0.05, 0.1) is 18.4 Å². The van der Waals surface area contributed by atoms with Crippen molar-refractivity contribution in [3.63, 3.8) is 0 Å². The summed E-state index contributed by atoms with van der Waals surface area (Å²) in [5.41, 5.74) is -0.342. The highest BCUT2D eigenvalue weighted by atomic mass is 32.1. The zero-order valence-corrected chi connectivity index (χ0v) is 16.4. The van der Waals surface area contributed by atoms with E-state index in [4.69, 9.17) is 35.9 Å². The number of esters is 1. The zero-order chi connectivity index (χ0) is 19.5. The SMILES string of the molecule is CC(=O)O[C@H]1[C@@H]2OC(C)(C)O[C@@H]2CO[C@@]1(COCc1ccccc1)N=C=S. The molecular weight excluding hydrogens is 370 g/mol. The van der Waals surface area contributed by atoms with Crippen LogP contribution in [0.15, 0.2) is 35.3 Å². The van der Waals surface area contributed by atoms with Crippen LogP contribution in [-0.4, -0.2) is 54.2 Å². The number of isothiocyanates is 1.